The Hall–Kier alpha value is -2.82. The summed E-state index contributed by atoms with van der Waals surface area (Å²) in [5.41, 5.74) is 8.48. The van der Waals surface area contributed by atoms with E-state index in [9.17, 15) is 9.59 Å². The van der Waals surface area contributed by atoms with Crippen molar-refractivity contribution < 1.29 is 14.3 Å². The average Bonchev–Trinajstić information content (AvgIpc) is 2.49. The lowest BCUT2D eigenvalue weighted by atomic mass is 10.1. The molecule has 0 bridgehead atoms. The quantitative estimate of drug-likeness (QED) is 0.889. The van der Waals surface area contributed by atoms with Crippen molar-refractivity contribution in [1.29, 1.82) is 0 Å². The van der Waals surface area contributed by atoms with Gasteiger partial charge in [-0.05, 0) is 55.3 Å². The van der Waals surface area contributed by atoms with Gasteiger partial charge in [0.25, 0.3) is 11.8 Å². The van der Waals surface area contributed by atoms with Gasteiger partial charge in [0.05, 0.1) is 0 Å². The highest BCUT2D eigenvalue weighted by atomic mass is 16.5. The minimum Gasteiger partial charge on any atom is -0.484 e. The van der Waals surface area contributed by atoms with Crippen LogP contribution in [0.25, 0.3) is 0 Å². The van der Waals surface area contributed by atoms with Crippen molar-refractivity contribution in [2.75, 3.05) is 11.9 Å². The number of nitrogens with two attached hydrogens (primary N) is 1. The Bertz CT molecular complexity index is 711. The molecule has 22 heavy (non-hydrogen) atoms. The number of carbonyl (C=O) groups excluding carboxylic acids is 2. The first-order valence-electron chi connectivity index (χ1n) is 6.85. The van der Waals surface area contributed by atoms with E-state index in [0.29, 0.717) is 11.3 Å². The highest BCUT2D eigenvalue weighted by molar-refractivity contribution is 6.04. The van der Waals surface area contributed by atoms with Crippen LogP contribution in [0.4, 0.5) is 5.69 Å². The van der Waals surface area contributed by atoms with Crippen LogP contribution in [-0.4, -0.2) is 18.4 Å². The molecule has 2 aromatic carbocycles. The van der Waals surface area contributed by atoms with E-state index in [4.69, 9.17) is 10.5 Å². The predicted molar refractivity (Wildman–Crippen MR) is 85.0 cm³/mol. The summed E-state index contributed by atoms with van der Waals surface area (Å²) < 4.78 is 5.19. The molecule has 0 aliphatic carbocycles. The van der Waals surface area contributed by atoms with E-state index in [1.807, 2.05) is 32.0 Å². The zero-order valence-corrected chi connectivity index (χ0v) is 12.6. The lowest BCUT2D eigenvalue weighted by Crippen LogP contribution is -2.20. The summed E-state index contributed by atoms with van der Waals surface area (Å²) in [6, 6.07) is 12.3. The number of benzene rings is 2. The number of amides is 2. The highest BCUT2D eigenvalue weighted by Gasteiger charge is 2.08. The second-order valence-corrected chi connectivity index (χ2v) is 5.04. The van der Waals surface area contributed by atoms with Gasteiger partial charge in [-0.25, -0.2) is 0 Å². The van der Waals surface area contributed by atoms with Crippen LogP contribution in [0, 0.1) is 13.8 Å². The molecule has 0 saturated heterocycles. The Kier molecular flexibility index (Phi) is 4.78. The minimum atomic E-state index is -0.565. The zero-order chi connectivity index (χ0) is 16.1. The fourth-order valence-corrected chi connectivity index (χ4v) is 1.90. The summed E-state index contributed by atoms with van der Waals surface area (Å²) >= 11 is 0. The molecule has 0 aliphatic heterocycles. The summed E-state index contributed by atoms with van der Waals surface area (Å²) in [5, 5.41) is 2.83. The van der Waals surface area contributed by atoms with Gasteiger partial charge in [0.2, 0.25) is 0 Å². The fraction of sp³-hybridized carbons (Fsp3) is 0.176. The van der Waals surface area contributed by atoms with E-state index < -0.39 is 5.91 Å². The average molecular weight is 298 g/mol. The van der Waals surface area contributed by atoms with Gasteiger partial charge in [0, 0.05) is 11.3 Å². The SMILES string of the molecule is Cc1ccc(NC(=O)c2cccc(OCC(N)=O)c2)cc1C. The van der Waals surface area contributed by atoms with Crippen molar-refractivity contribution in [2.24, 2.45) is 5.73 Å². The first-order valence-corrected chi connectivity index (χ1v) is 6.85. The zero-order valence-electron chi connectivity index (χ0n) is 12.6. The topological polar surface area (TPSA) is 81.4 Å². The summed E-state index contributed by atoms with van der Waals surface area (Å²) in [7, 11) is 0. The Morgan fingerprint density at radius 3 is 2.55 bits per heavy atom. The number of anilines is 1. The van der Waals surface area contributed by atoms with Gasteiger partial charge in [-0.2, -0.15) is 0 Å². The molecule has 0 unspecified atom stereocenters. The number of primary amides is 1. The summed E-state index contributed by atoms with van der Waals surface area (Å²) in [6.45, 7) is 3.78. The summed E-state index contributed by atoms with van der Waals surface area (Å²) in [6.07, 6.45) is 0. The van der Waals surface area contributed by atoms with E-state index >= 15 is 0 Å². The predicted octanol–water partition coefficient (Wildman–Crippen LogP) is 2.42. The third-order valence-electron chi connectivity index (χ3n) is 3.24. The molecule has 2 rings (SSSR count). The lowest BCUT2D eigenvalue weighted by molar-refractivity contribution is -0.119. The Morgan fingerprint density at radius 1 is 1.09 bits per heavy atom. The van der Waals surface area contributed by atoms with Gasteiger partial charge >= 0.3 is 0 Å². The monoisotopic (exact) mass is 298 g/mol. The molecule has 2 aromatic rings. The number of ether oxygens (including phenoxy) is 1. The van der Waals surface area contributed by atoms with Crippen LogP contribution < -0.4 is 15.8 Å². The number of hydrogen-bond acceptors (Lipinski definition) is 3. The van der Waals surface area contributed by atoms with E-state index in [1.54, 1.807) is 24.3 Å². The van der Waals surface area contributed by atoms with Crippen molar-refractivity contribution in [3.05, 3.63) is 59.2 Å². The van der Waals surface area contributed by atoms with E-state index in [1.165, 1.54) is 5.56 Å². The van der Waals surface area contributed by atoms with Gasteiger partial charge in [-0.1, -0.05) is 12.1 Å². The maximum atomic E-state index is 12.2. The molecule has 5 heteroatoms. The van der Waals surface area contributed by atoms with Crippen LogP contribution in [-0.2, 0) is 4.79 Å². The second kappa shape index (κ2) is 6.76. The largest absolute Gasteiger partial charge is 0.484 e. The number of aryl methyl sites for hydroxylation is 2. The molecule has 0 aromatic heterocycles. The molecule has 0 aliphatic rings. The smallest absolute Gasteiger partial charge is 0.255 e. The van der Waals surface area contributed by atoms with Crippen molar-refractivity contribution in [3.8, 4) is 5.75 Å². The van der Waals surface area contributed by atoms with E-state index in [0.717, 1.165) is 11.3 Å². The van der Waals surface area contributed by atoms with Crippen LogP contribution in [0.15, 0.2) is 42.5 Å². The molecule has 114 valence electrons. The second-order valence-electron chi connectivity index (χ2n) is 5.04. The van der Waals surface area contributed by atoms with Crippen LogP contribution in [0.2, 0.25) is 0 Å². The Morgan fingerprint density at radius 2 is 1.86 bits per heavy atom. The lowest BCUT2D eigenvalue weighted by Gasteiger charge is -2.09. The van der Waals surface area contributed by atoms with Crippen molar-refractivity contribution in [3.63, 3.8) is 0 Å². The van der Waals surface area contributed by atoms with Crippen LogP contribution in [0.3, 0.4) is 0 Å². The normalized spacial score (nSPS) is 10.1. The van der Waals surface area contributed by atoms with Crippen LogP contribution in [0.5, 0.6) is 5.75 Å². The molecule has 5 nitrogen and oxygen atoms in total. The first-order chi connectivity index (χ1) is 10.5. The molecular weight excluding hydrogens is 280 g/mol. The summed E-state index contributed by atoms with van der Waals surface area (Å²) in [4.78, 5) is 23.0. The minimum absolute atomic E-state index is 0.220. The number of hydrogen-bond donors (Lipinski definition) is 2. The van der Waals surface area contributed by atoms with E-state index in [-0.39, 0.29) is 12.5 Å². The highest BCUT2D eigenvalue weighted by Crippen LogP contribution is 2.17. The van der Waals surface area contributed by atoms with E-state index in [2.05, 4.69) is 5.32 Å². The molecule has 0 atom stereocenters. The van der Waals surface area contributed by atoms with Gasteiger partial charge in [-0.15, -0.1) is 0 Å². The van der Waals surface area contributed by atoms with Gasteiger partial charge in [0.15, 0.2) is 6.61 Å². The maximum Gasteiger partial charge on any atom is 0.255 e. The van der Waals surface area contributed by atoms with Crippen LogP contribution in [0.1, 0.15) is 21.5 Å². The van der Waals surface area contributed by atoms with Crippen molar-refractivity contribution >= 4 is 17.5 Å². The standard InChI is InChI=1S/C17H18N2O3/c1-11-6-7-14(8-12(11)2)19-17(21)13-4-3-5-15(9-13)22-10-16(18)20/h3-9H,10H2,1-2H3,(H2,18,20)(H,19,21). The molecular formula is C17H18N2O3. The number of carbonyl (C=O) groups is 2. The first kappa shape index (κ1) is 15.6. The van der Waals surface area contributed by atoms with Gasteiger partial charge in [-0.3, -0.25) is 9.59 Å². The van der Waals surface area contributed by atoms with Gasteiger partial charge < -0.3 is 15.8 Å². The molecule has 0 fully saturated rings. The Labute approximate surface area is 129 Å². The molecule has 3 N–H and O–H groups in total. The van der Waals surface area contributed by atoms with Crippen molar-refractivity contribution in [2.45, 2.75) is 13.8 Å². The molecule has 0 radical (unpaired) electrons. The number of rotatable bonds is 5. The molecule has 0 saturated carbocycles. The third kappa shape index (κ3) is 4.09. The van der Waals surface area contributed by atoms with Crippen LogP contribution >= 0.6 is 0 Å². The molecule has 0 spiro atoms. The maximum absolute atomic E-state index is 12.2. The van der Waals surface area contributed by atoms with Gasteiger partial charge in [0.1, 0.15) is 5.75 Å². The summed E-state index contributed by atoms with van der Waals surface area (Å²) in [5.74, 6) is -0.385. The Balaban J connectivity index is 2.10. The third-order valence-corrected chi connectivity index (χ3v) is 3.24. The molecule has 0 heterocycles. The fourth-order valence-electron chi connectivity index (χ4n) is 1.90. The number of nitrogens with one attached hydrogen (secondary N) is 1. The molecule has 2 amide bonds. The van der Waals surface area contributed by atoms with Crippen molar-refractivity contribution in [1.82, 2.24) is 0 Å².